The number of hydrogen-bond acceptors (Lipinski definition) is 5. The van der Waals surface area contributed by atoms with Crippen molar-refractivity contribution in [3.63, 3.8) is 0 Å². The van der Waals surface area contributed by atoms with E-state index < -0.39 is 23.3 Å². The molecule has 3 N–H and O–H groups in total. The zero-order valence-electron chi connectivity index (χ0n) is 19.4. The Bertz CT molecular complexity index is 1170. The van der Waals surface area contributed by atoms with Crippen LogP contribution in [0, 0.1) is 17.2 Å². The normalized spacial score (nSPS) is 19.3. The van der Waals surface area contributed by atoms with Gasteiger partial charge in [0, 0.05) is 23.7 Å². The molecule has 9 heteroatoms. The Balaban J connectivity index is 1.55. The average molecular weight is 495 g/mol. The number of halogens is 1. The first-order chi connectivity index (χ1) is 16.8. The van der Waals surface area contributed by atoms with Crippen LogP contribution in [-0.4, -0.2) is 31.4 Å². The minimum absolute atomic E-state index is 0.0838. The minimum Gasteiger partial charge on any atom is -0.497 e. The molecular formula is C26H27ClN4O4. The fraction of sp³-hybridized carbons (Fsp3) is 0.385. The number of ether oxygens (including phenoxy) is 1. The number of hydrogen-bond donors (Lipinski definition) is 3. The smallest absolute Gasteiger partial charge is 0.251 e. The van der Waals surface area contributed by atoms with Crippen molar-refractivity contribution < 1.29 is 19.1 Å². The SMILES string of the molecule is COc1ccc(C(NC(=O)C2CNC(=O)C2)C(=O)Nc2ccc(C3(C#N)CCCC3)c(Cl)c2)cc1. The number of benzene rings is 2. The first-order valence-electron chi connectivity index (χ1n) is 11.6. The van der Waals surface area contributed by atoms with Gasteiger partial charge < -0.3 is 20.7 Å². The van der Waals surface area contributed by atoms with E-state index in [9.17, 15) is 19.6 Å². The van der Waals surface area contributed by atoms with Crippen molar-refractivity contribution in [2.45, 2.75) is 43.6 Å². The summed E-state index contributed by atoms with van der Waals surface area (Å²) in [5, 5.41) is 18.4. The van der Waals surface area contributed by atoms with E-state index in [0.29, 0.717) is 22.0 Å². The van der Waals surface area contributed by atoms with Crippen LogP contribution in [0.15, 0.2) is 42.5 Å². The summed E-state index contributed by atoms with van der Waals surface area (Å²) in [6, 6.07) is 13.4. The molecule has 3 amide bonds. The van der Waals surface area contributed by atoms with E-state index in [-0.39, 0.29) is 24.8 Å². The van der Waals surface area contributed by atoms with Crippen molar-refractivity contribution in [1.29, 1.82) is 5.26 Å². The summed E-state index contributed by atoms with van der Waals surface area (Å²) in [4.78, 5) is 37.7. The van der Waals surface area contributed by atoms with Crippen molar-refractivity contribution in [2.75, 3.05) is 19.0 Å². The standard InChI is InChI=1S/C26H27ClN4O4/c1-35-19-7-4-16(5-8-19)23(31-24(33)17-12-22(32)29-14-17)25(34)30-18-6-9-20(21(27)13-18)26(15-28)10-2-3-11-26/h4-9,13,17,23H,2-3,10-12,14H2,1H3,(H,29,32)(H,30,34)(H,31,33). The molecule has 1 aliphatic heterocycles. The molecule has 0 spiro atoms. The van der Waals surface area contributed by atoms with Gasteiger partial charge in [0.15, 0.2) is 0 Å². The second-order valence-corrected chi connectivity index (χ2v) is 9.41. The summed E-state index contributed by atoms with van der Waals surface area (Å²) in [5.41, 5.74) is 1.20. The number of carbonyl (C=O) groups excluding carboxylic acids is 3. The van der Waals surface area contributed by atoms with E-state index in [1.54, 1.807) is 49.6 Å². The van der Waals surface area contributed by atoms with Crippen LogP contribution in [0.25, 0.3) is 0 Å². The highest BCUT2D eigenvalue weighted by atomic mass is 35.5. The molecule has 0 bridgehead atoms. The van der Waals surface area contributed by atoms with E-state index in [4.69, 9.17) is 16.3 Å². The summed E-state index contributed by atoms with van der Waals surface area (Å²) in [6.07, 6.45) is 3.57. The first kappa shape index (κ1) is 24.6. The van der Waals surface area contributed by atoms with Crippen molar-refractivity contribution in [3.05, 3.63) is 58.6 Å². The third-order valence-electron chi connectivity index (χ3n) is 6.77. The number of nitrogens with zero attached hydrogens (tertiary/aromatic N) is 1. The molecule has 2 aliphatic rings. The Labute approximate surface area is 209 Å². The third-order valence-corrected chi connectivity index (χ3v) is 7.08. The predicted octanol–water partition coefficient (Wildman–Crippen LogP) is 3.62. The van der Waals surface area contributed by atoms with Crippen LogP contribution in [0.4, 0.5) is 5.69 Å². The quantitative estimate of drug-likeness (QED) is 0.543. The van der Waals surface area contributed by atoms with Crippen molar-refractivity contribution >= 4 is 35.0 Å². The summed E-state index contributed by atoms with van der Waals surface area (Å²) >= 11 is 6.55. The molecule has 35 heavy (non-hydrogen) atoms. The van der Waals surface area contributed by atoms with E-state index in [0.717, 1.165) is 31.2 Å². The maximum Gasteiger partial charge on any atom is 0.251 e. The molecule has 2 atom stereocenters. The molecule has 1 heterocycles. The van der Waals surface area contributed by atoms with E-state index in [1.165, 1.54) is 0 Å². The highest BCUT2D eigenvalue weighted by molar-refractivity contribution is 6.32. The Kier molecular flexibility index (Phi) is 7.27. The van der Waals surface area contributed by atoms with Gasteiger partial charge in [0.25, 0.3) is 5.91 Å². The molecule has 1 saturated heterocycles. The second kappa shape index (κ2) is 10.4. The molecule has 0 aromatic heterocycles. The largest absolute Gasteiger partial charge is 0.497 e. The van der Waals surface area contributed by atoms with Crippen molar-refractivity contribution in [1.82, 2.24) is 10.6 Å². The Morgan fingerprint density at radius 2 is 1.91 bits per heavy atom. The zero-order chi connectivity index (χ0) is 25.0. The van der Waals surface area contributed by atoms with Crippen molar-refractivity contribution in [2.24, 2.45) is 5.92 Å². The van der Waals surface area contributed by atoms with Gasteiger partial charge in [-0.25, -0.2) is 0 Å². The van der Waals surface area contributed by atoms with Gasteiger partial charge in [0.2, 0.25) is 11.8 Å². The van der Waals surface area contributed by atoms with Gasteiger partial charge >= 0.3 is 0 Å². The fourth-order valence-corrected chi connectivity index (χ4v) is 5.12. The molecule has 182 valence electrons. The van der Waals surface area contributed by atoms with Crippen LogP contribution in [-0.2, 0) is 19.8 Å². The molecule has 2 fully saturated rings. The Hall–Kier alpha value is -3.57. The molecule has 1 aliphatic carbocycles. The van der Waals surface area contributed by atoms with Crippen molar-refractivity contribution in [3.8, 4) is 11.8 Å². The lowest BCUT2D eigenvalue weighted by molar-refractivity contribution is -0.129. The molecule has 1 saturated carbocycles. The monoisotopic (exact) mass is 494 g/mol. The van der Waals surface area contributed by atoms with Gasteiger partial charge in [-0.2, -0.15) is 5.26 Å². The average Bonchev–Trinajstić information content (AvgIpc) is 3.52. The number of anilines is 1. The predicted molar refractivity (Wildman–Crippen MR) is 131 cm³/mol. The lowest BCUT2D eigenvalue weighted by atomic mass is 9.80. The highest BCUT2D eigenvalue weighted by Gasteiger charge is 2.37. The van der Waals surface area contributed by atoms with Gasteiger partial charge in [-0.1, -0.05) is 42.6 Å². The number of nitrogens with one attached hydrogen (secondary N) is 3. The number of methoxy groups -OCH3 is 1. The number of nitriles is 1. The zero-order valence-corrected chi connectivity index (χ0v) is 20.2. The lowest BCUT2D eigenvalue weighted by Gasteiger charge is -2.23. The van der Waals surface area contributed by atoms with Gasteiger partial charge in [-0.05, 0) is 48.2 Å². The van der Waals surface area contributed by atoms with Crippen LogP contribution in [0.5, 0.6) is 5.75 Å². The number of rotatable bonds is 7. The molecule has 2 aromatic rings. The van der Waals surface area contributed by atoms with E-state index in [2.05, 4.69) is 22.0 Å². The van der Waals surface area contributed by atoms with Gasteiger partial charge in [-0.3, -0.25) is 14.4 Å². The Morgan fingerprint density at radius 3 is 2.49 bits per heavy atom. The van der Waals surface area contributed by atoms with E-state index in [1.807, 2.05) is 0 Å². The molecule has 4 rings (SSSR count). The second-order valence-electron chi connectivity index (χ2n) is 9.00. The van der Waals surface area contributed by atoms with Crippen LogP contribution in [0.1, 0.15) is 49.3 Å². The van der Waals surface area contributed by atoms with Crippen LogP contribution >= 0.6 is 11.6 Å². The highest BCUT2D eigenvalue weighted by Crippen LogP contribution is 2.44. The lowest BCUT2D eigenvalue weighted by Crippen LogP contribution is -2.40. The third kappa shape index (κ3) is 5.25. The van der Waals surface area contributed by atoms with Gasteiger partial charge in [0.1, 0.15) is 11.8 Å². The number of carbonyl (C=O) groups is 3. The fourth-order valence-electron chi connectivity index (χ4n) is 4.76. The Morgan fingerprint density at radius 1 is 1.20 bits per heavy atom. The van der Waals surface area contributed by atoms with Crippen LogP contribution < -0.4 is 20.7 Å². The summed E-state index contributed by atoms with van der Waals surface area (Å²) in [5.74, 6) is -0.961. The summed E-state index contributed by atoms with van der Waals surface area (Å²) < 4.78 is 5.19. The van der Waals surface area contributed by atoms with Gasteiger partial charge in [0.05, 0.1) is 24.5 Å². The van der Waals surface area contributed by atoms with E-state index >= 15 is 0 Å². The topological polar surface area (TPSA) is 120 Å². The molecule has 2 unspecified atom stereocenters. The summed E-state index contributed by atoms with van der Waals surface area (Å²) in [6.45, 7) is 0.235. The first-order valence-corrected chi connectivity index (χ1v) is 12.0. The maximum atomic E-state index is 13.3. The van der Waals surface area contributed by atoms with Gasteiger partial charge in [-0.15, -0.1) is 0 Å². The number of amides is 3. The molecular weight excluding hydrogens is 468 g/mol. The minimum atomic E-state index is -0.997. The van der Waals surface area contributed by atoms with Crippen LogP contribution in [0.2, 0.25) is 5.02 Å². The molecule has 0 radical (unpaired) electrons. The maximum absolute atomic E-state index is 13.3. The van der Waals surface area contributed by atoms with Crippen LogP contribution in [0.3, 0.4) is 0 Å². The molecule has 2 aromatic carbocycles. The summed E-state index contributed by atoms with van der Waals surface area (Å²) in [7, 11) is 1.54. The molecule has 8 nitrogen and oxygen atoms in total.